The molecule has 1 amide bonds. The maximum absolute atomic E-state index is 13.0. The number of rotatable bonds is 6. The minimum Gasteiger partial charge on any atom is -0.484 e. The van der Waals surface area contributed by atoms with Crippen LogP contribution in [-0.2, 0) is 4.79 Å². The number of carbonyl (C=O) groups is 1. The molecule has 0 radical (unpaired) electrons. The fourth-order valence-electron chi connectivity index (χ4n) is 2.04. The van der Waals surface area contributed by atoms with Gasteiger partial charge in [-0.15, -0.1) is 0 Å². The van der Waals surface area contributed by atoms with Crippen LogP contribution in [0.3, 0.4) is 0 Å². The van der Waals surface area contributed by atoms with Gasteiger partial charge in [-0.05, 0) is 48.2 Å². The first kappa shape index (κ1) is 16.0. The number of benzene rings is 2. The second-order valence-electron chi connectivity index (χ2n) is 5.23. The SMILES string of the molecule is CC[C@H](C)c1ccc(OCC(=O)Nc2cccc(F)c2)cc1. The highest BCUT2D eigenvalue weighted by molar-refractivity contribution is 5.91. The van der Waals surface area contributed by atoms with Crippen LogP contribution < -0.4 is 10.1 Å². The molecule has 1 N–H and O–H groups in total. The van der Waals surface area contributed by atoms with E-state index in [1.807, 2.05) is 24.3 Å². The zero-order valence-electron chi connectivity index (χ0n) is 12.8. The van der Waals surface area contributed by atoms with Gasteiger partial charge in [-0.3, -0.25) is 4.79 Å². The van der Waals surface area contributed by atoms with E-state index in [0.717, 1.165) is 6.42 Å². The van der Waals surface area contributed by atoms with E-state index in [0.29, 0.717) is 17.4 Å². The van der Waals surface area contributed by atoms with Crippen LogP contribution in [0.2, 0.25) is 0 Å². The minimum atomic E-state index is -0.389. The lowest BCUT2D eigenvalue weighted by Crippen LogP contribution is -2.20. The van der Waals surface area contributed by atoms with Crippen molar-refractivity contribution in [2.45, 2.75) is 26.2 Å². The van der Waals surface area contributed by atoms with E-state index in [9.17, 15) is 9.18 Å². The maximum Gasteiger partial charge on any atom is 0.262 e. The van der Waals surface area contributed by atoms with Gasteiger partial charge in [-0.1, -0.05) is 32.0 Å². The molecule has 0 aliphatic carbocycles. The fourth-order valence-corrected chi connectivity index (χ4v) is 2.04. The number of hydrogen-bond donors (Lipinski definition) is 1. The van der Waals surface area contributed by atoms with Crippen LogP contribution in [0.5, 0.6) is 5.75 Å². The van der Waals surface area contributed by atoms with Gasteiger partial charge in [0.05, 0.1) is 0 Å². The Morgan fingerprint density at radius 2 is 1.95 bits per heavy atom. The van der Waals surface area contributed by atoms with Gasteiger partial charge in [0.2, 0.25) is 0 Å². The van der Waals surface area contributed by atoms with Gasteiger partial charge in [0.15, 0.2) is 6.61 Å². The third kappa shape index (κ3) is 4.58. The van der Waals surface area contributed by atoms with Gasteiger partial charge in [0, 0.05) is 5.69 Å². The van der Waals surface area contributed by atoms with Gasteiger partial charge >= 0.3 is 0 Å². The van der Waals surface area contributed by atoms with Crippen LogP contribution in [0.4, 0.5) is 10.1 Å². The molecule has 116 valence electrons. The molecule has 1 atom stereocenters. The number of halogens is 1. The van der Waals surface area contributed by atoms with Crippen molar-refractivity contribution < 1.29 is 13.9 Å². The number of amides is 1. The first-order chi connectivity index (χ1) is 10.6. The lowest BCUT2D eigenvalue weighted by atomic mass is 9.99. The summed E-state index contributed by atoms with van der Waals surface area (Å²) in [7, 11) is 0. The molecule has 0 aromatic heterocycles. The zero-order chi connectivity index (χ0) is 15.9. The van der Waals surface area contributed by atoms with E-state index in [-0.39, 0.29) is 18.3 Å². The van der Waals surface area contributed by atoms with Crippen LogP contribution in [0.25, 0.3) is 0 Å². The molecule has 0 unspecified atom stereocenters. The number of ether oxygens (including phenoxy) is 1. The Labute approximate surface area is 130 Å². The van der Waals surface area contributed by atoms with E-state index in [1.165, 1.54) is 17.7 Å². The first-order valence-electron chi connectivity index (χ1n) is 7.36. The van der Waals surface area contributed by atoms with Crippen LogP contribution in [0.15, 0.2) is 48.5 Å². The van der Waals surface area contributed by atoms with Gasteiger partial charge in [0.1, 0.15) is 11.6 Å². The molecule has 22 heavy (non-hydrogen) atoms. The van der Waals surface area contributed by atoms with Gasteiger partial charge in [-0.25, -0.2) is 4.39 Å². The summed E-state index contributed by atoms with van der Waals surface area (Å²) in [5.41, 5.74) is 1.67. The molecule has 2 aromatic rings. The Morgan fingerprint density at radius 3 is 2.59 bits per heavy atom. The number of nitrogens with one attached hydrogen (secondary N) is 1. The summed E-state index contributed by atoms with van der Waals surface area (Å²) in [5.74, 6) is 0.433. The predicted molar refractivity (Wildman–Crippen MR) is 85.7 cm³/mol. The van der Waals surface area contributed by atoms with E-state index in [4.69, 9.17) is 4.74 Å². The van der Waals surface area contributed by atoms with Gasteiger partial charge in [0.25, 0.3) is 5.91 Å². The summed E-state index contributed by atoms with van der Waals surface area (Å²) in [6.07, 6.45) is 1.08. The molecule has 0 saturated carbocycles. The Balaban J connectivity index is 1.86. The van der Waals surface area contributed by atoms with Gasteiger partial charge < -0.3 is 10.1 Å². The molecular weight excluding hydrogens is 281 g/mol. The van der Waals surface area contributed by atoms with Crippen molar-refractivity contribution in [2.75, 3.05) is 11.9 Å². The third-order valence-electron chi connectivity index (χ3n) is 3.54. The molecule has 0 saturated heterocycles. The largest absolute Gasteiger partial charge is 0.484 e. The number of anilines is 1. The topological polar surface area (TPSA) is 38.3 Å². The smallest absolute Gasteiger partial charge is 0.262 e. The molecule has 4 heteroatoms. The summed E-state index contributed by atoms with van der Waals surface area (Å²) in [5, 5.41) is 2.59. The summed E-state index contributed by atoms with van der Waals surface area (Å²) >= 11 is 0. The highest BCUT2D eigenvalue weighted by Crippen LogP contribution is 2.21. The average Bonchev–Trinajstić information content (AvgIpc) is 2.52. The van der Waals surface area contributed by atoms with Crippen LogP contribution >= 0.6 is 0 Å². The van der Waals surface area contributed by atoms with Crippen LogP contribution in [-0.4, -0.2) is 12.5 Å². The van der Waals surface area contributed by atoms with E-state index in [2.05, 4.69) is 19.2 Å². The molecule has 2 rings (SSSR count). The molecule has 3 nitrogen and oxygen atoms in total. The van der Waals surface area contributed by atoms with Crippen molar-refractivity contribution in [3.8, 4) is 5.75 Å². The normalized spacial score (nSPS) is 11.8. The van der Waals surface area contributed by atoms with Crippen LogP contribution in [0, 0.1) is 5.82 Å². The monoisotopic (exact) mass is 301 g/mol. The first-order valence-corrected chi connectivity index (χ1v) is 7.36. The Hall–Kier alpha value is -2.36. The number of carbonyl (C=O) groups excluding carboxylic acids is 1. The van der Waals surface area contributed by atoms with Crippen molar-refractivity contribution >= 4 is 11.6 Å². The molecule has 0 aliphatic rings. The average molecular weight is 301 g/mol. The highest BCUT2D eigenvalue weighted by atomic mass is 19.1. The quantitative estimate of drug-likeness (QED) is 0.861. The lowest BCUT2D eigenvalue weighted by molar-refractivity contribution is -0.118. The summed E-state index contributed by atoms with van der Waals surface area (Å²) in [6, 6.07) is 13.5. The fraction of sp³-hybridized carbons (Fsp3) is 0.278. The van der Waals surface area contributed by atoms with E-state index < -0.39 is 0 Å². The van der Waals surface area contributed by atoms with Crippen molar-refractivity contribution in [3.05, 3.63) is 59.9 Å². The Morgan fingerprint density at radius 1 is 1.23 bits per heavy atom. The minimum absolute atomic E-state index is 0.112. The standard InChI is InChI=1S/C18H20FNO2/c1-3-13(2)14-7-9-17(10-8-14)22-12-18(21)20-16-6-4-5-15(19)11-16/h4-11,13H,3,12H2,1-2H3,(H,20,21)/t13-/m0/s1. The van der Waals surface area contributed by atoms with Crippen molar-refractivity contribution in [1.29, 1.82) is 0 Å². The Kier molecular flexibility index (Phi) is 5.53. The molecule has 2 aromatic carbocycles. The van der Waals surface area contributed by atoms with E-state index in [1.54, 1.807) is 12.1 Å². The number of hydrogen-bond acceptors (Lipinski definition) is 2. The van der Waals surface area contributed by atoms with Crippen molar-refractivity contribution in [3.63, 3.8) is 0 Å². The second kappa shape index (κ2) is 7.59. The summed E-state index contributed by atoms with van der Waals surface area (Å²) in [4.78, 5) is 11.8. The zero-order valence-corrected chi connectivity index (χ0v) is 12.8. The molecule has 0 spiro atoms. The maximum atomic E-state index is 13.0. The van der Waals surface area contributed by atoms with E-state index >= 15 is 0 Å². The van der Waals surface area contributed by atoms with Crippen LogP contribution in [0.1, 0.15) is 31.7 Å². The molecule has 0 fully saturated rings. The second-order valence-corrected chi connectivity index (χ2v) is 5.23. The molecule has 0 heterocycles. The van der Waals surface area contributed by atoms with Crippen molar-refractivity contribution in [1.82, 2.24) is 0 Å². The third-order valence-corrected chi connectivity index (χ3v) is 3.54. The summed E-state index contributed by atoms with van der Waals surface area (Å²) in [6.45, 7) is 4.20. The predicted octanol–water partition coefficient (Wildman–Crippen LogP) is 4.36. The summed E-state index contributed by atoms with van der Waals surface area (Å²) < 4.78 is 18.5. The Bertz CT molecular complexity index is 625. The highest BCUT2D eigenvalue weighted by Gasteiger charge is 2.06. The van der Waals surface area contributed by atoms with Crippen molar-refractivity contribution in [2.24, 2.45) is 0 Å². The van der Waals surface area contributed by atoms with Gasteiger partial charge in [-0.2, -0.15) is 0 Å². The molecule has 0 aliphatic heterocycles. The molecular formula is C18H20FNO2. The lowest BCUT2D eigenvalue weighted by Gasteiger charge is -2.11. The molecule has 0 bridgehead atoms.